The summed E-state index contributed by atoms with van der Waals surface area (Å²) in [4.78, 5) is 28.9. The number of fused-ring (bicyclic) bond motifs is 1. The molecule has 30 heavy (non-hydrogen) atoms. The molecule has 1 aliphatic heterocycles. The van der Waals surface area contributed by atoms with Crippen molar-refractivity contribution in [3.8, 4) is 0 Å². The van der Waals surface area contributed by atoms with Crippen LogP contribution in [0.5, 0.6) is 0 Å². The standard InChI is InChI=1S/C24H24ClN3O2/c25-22-11-4-3-10-21(22)24(30)26-16-23(29)28-14-12-27(13-15-28)17-19-8-5-7-18-6-1-2-9-20(18)19/h1-11H,12-17H2,(H,26,30). The van der Waals surface area contributed by atoms with Crippen LogP contribution in [0.15, 0.2) is 66.7 Å². The van der Waals surface area contributed by atoms with Gasteiger partial charge in [-0.05, 0) is 28.5 Å². The summed E-state index contributed by atoms with van der Waals surface area (Å²) < 4.78 is 0. The van der Waals surface area contributed by atoms with Gasteiger partial charge in [0.25, 0.3) is 5.91 Å². The third-order valence-electron chi connectivity index (χ3n) is 5.52. The van der Waals surface area contributed by atoms with Gasteiger partial charge in [-0.1, -0.05) is 66.2 Å². The van der Waals surface area contributed by atoms with Gasteiger partial charge in [0.1, 0.15) is 0 Å². The summed E-state index contributed by atoms with van der Waals surface area (Å²) in [6.45, 7) is 3.79. The summed E-state index contributed by atoms with van der Waals surface area (Å²) in [5.41, 5.74) is 1.69. The van der Waals surface area contributed by atoms with Crippen LogP contribution < -0.4 is 5.32 Å². The highest BCUT2D eigenvalue weighted by molar-refractivity contribution is 6.33. The number of benzene rings is 3. The first-order valence-electron chi connectivity index (χ1n) is 10.1. The molecule has 0 aromatic heterocycles. The van der Waals surface area contributed by atoms with Crippen molar-refractivity contribution >= 4 is 34.2 Å². The maximum absolute atomic E-state index is 12.5. The first-order chi connectivity index (χ1) is 14.6. The monoisotopic (exact) mass is 421 g/mol. The summed E-state index contributed by atoms with van der Waals surface area (Å²) >= 11 is 6.04. The molecule has 0 saturated carbocycles. The second kappa shape index (κ2) is 9.28. The number of piperazine rings is 1. The Morgan fingerprint density at radius 3 is 2.37 bits per heavy atom. The topological polar surface area (TPSA) is 52.7 Å². The number of hydrogen-bond donors (Lipinski definition) is 1. The van der Waals surface area contributed by atoms with Crippen molar-refractivity contribution in [3.63, 3.8) is 0 Å². The van der Waals surface area contributed by atoms with Gasteiger partial charge < -0.3 is 10.2 Å². The molecule has 0 atom stereocenters. The number of hydrogen-bond acceptors (Lipinski definition) is 3. The van der Waals surface area contributed by atoms with Crippen molar-refractivity contribution in [2.45, 2.75) is 6.54 Å². The molecule has 2 amide bonds. The molecule has 1 heterocycles. The van der Waals surface area contributed by atoms with Gasteiger partial charge in [0.2, 0.25) is 5.91 Å². The van der Waals surface area contributed by atoms with E-state index in [9.17, 15) is 9.59 Å². The molecule has 0 unspecified atom stereocenters. The van der Waals surface area contributed by atoms with Crippen molar-refractivity contribution < 1.29 is 9.59 Å². The highest BCUT2D eigenvalue weighted by Crippen LogP contribution is 2.20. The van der Waals surface area contributed by atoms with Crippen LogP contribution in [0.3, 0.4) is 0 Å². The fraction of sp³-hybridized carbons (Fsp3) is 0.250. The van der Waals surface area contributed by atoms with E-state index in [1.807, 2.05) is 4.90 Å². The highest BCUT2D eigenvalue weighted by atomic mass is 35.5. The summed E-state index contributed by atoms with van der Waals surface area (Å²) in [6.07, 6.45) is 0. The van der Waals surface area contributed by atoms with Gasteiger partial charge in [0.05, 0.1) is 17.1 Å². The van der Waals surface area contributed by atoms with Gasteiger partial charge >= 0.3 is 0 Å². The number of halogens is 1. The lowest BCUT2D eigenvalue weighted by Crippen LogP contribution is -2.50. The lowest BCUT2D eigenvalue weighted by atomic mass is 10.0. The largest absolute Gasteiger partial charge is 0.343 e. The van der Waals surface area contributed by atoms with Gasteiger partial charge in [-0.25, -0.2) is 0 Å². The zero-order valence-electron chi connectivity index (χ0n) is 16.7. The number of rotatable bonds is 5. The molecule has 0 aliphatic carbocycles. The minimum absolute atomic E-state index is 0.0205. The van der Waals surface area contributed by atoms with Gasteiger partial charge in [0.15, 0.2) is 0 Å². The summed E-state index contributed by atoms with van der Waals surface area (Å²) in [5.74, 6) is -0.399. The molecule has 0 radical (unpaired) electrons. The number of carbonyl (C=O) groups excluding carboxylic acids is 2. The third-order valence-corrected chi connectivity index (χ3v) is 5.85. The van der Waals surface area contributed by atoms with Crippen LogP contribution in [0, 0.1) is 0 Å². The van der Waals surface area contributed by atoms with Crippen molar-refractivity contribution in [2.24, 2.45) is 0 Å². The average Bonchev–Trinajstić information content (AvgIpc) is 2.78. The molecule has 6 heteroatoms. The SMILES string of the molecule is O=C(NCC(=O)N1CCN(Cc2cccc3ccccc23)CC1)c1ccccc1Cl. The summed E-state index contributed by atoms with van der Waals surface area (Å²) in [5, 5.41) is 5.59. The minimum Gasteiger partial charge on any atom is -0.343 e. The van der Waals surface area contributed by atoms with E-state index in [-0.39, 0.29) is 18.4 Å². The lowest BCUT2D eigenvalue weighted by Gasteiger charge is -2.35. The molecule has 1 saturated heterocycles. The van der Waals surface area contributed by atoms with Crippen molar-refractivity contribution in [1.29, 1.82) is 0 Å². The molecular weight excluding hydrogens is 398 g/mol. The van der Waals surface area contributed by atoms with Crippen LogP contribution in [0.2, 0.25) is 5.02 Å². The molecule has 0 bridgehead atoms. The first kappa shape index (κ1) is 20.4. The Balaban J connectivity index is 1.28. The summed E-state index contributed by atoms with van der Waals surface area (Å²) in [7, 11) is 0. The Bertz CT molecular complexity index is 1060. The summed E-state index contributed by atoms with van der Waals surface area (Å²) in [6, 6.07) is 21.6. The van der Waals surface area contributed by atoms with E-state index in [1.54, 1.807) is 24.3 Å². The fourth-order valence-electron chi connectivity index (χ4n) is 3.83. The molecule has 3 aromatic carbocycles. The van der Waals surface area contributed by atoms with Crippen molar-refractivity contribution in [1.82, 2.24) is 15.1 Å². The van der Waals surface area contributed by atoms with Gasteiger partial charge in [-0.2, -0.15) is 0 Å². The fourth-order valence-corrected chi connectivity index (χ4v) is 4.06. The van der Waals surface area contributed by atoms with Gasteiger partial charge in [-0.15, -0.1) is 0 Å². The van der Waals surface area contributed by atoms with Crippen LogP contribution in [0.25, 0.3) is 10.8 Å². The van der Waals surface area contributed by atoms with Crippen LogP contribution >= 0.6 is 11.6 Å². The van der Waals surface area contributed by atoms with Crippen molar-refractivity contribution in [2.75, 3.05) is 32.7 Å². The number of nitrogens with zero attached hydrogens (tertiary/aromatic N) is 2. The Kier molecular flexibility index (Phi) is 6.31. The Labute approximate surface area is 181 Å². The van der Waals surface area contributed by atoms with Crippen LogP contribution in [0.1, 0.15) is 15.9 Å². The Hall–Kier alpha value is -2.89. The molecule has 5 nitrogen and oxygen atoms in total. The number of carbonyl (C=O) groups is 2. The molecule has 154 valence electrons. The second-order valence-electron chi connectivity index (χ2n) is 7.46. The number of nitrogens with one attached hydrogen (secondary N) is 1. The minimum atomic E-state index is -0.330. The van der Waals surface area contributed by atoms with Crippen LogP contribution in [0.4, 0.5) is 0 Å². The van der Waals surface area contributed by atoms with E-state index < -0.39 is 0 Å². The predicted octanol–water partition coefficient (Wildman–Crippen LogP) is 3.57. The maximum Gasteiger partial charge on any atom is 0.253 e. The van der Waals surface area contributed by atoms with E-state index in [0.717, 1.165) is 19.6 Å². The quantitative estimate of drug-likeness (QED) is 0.685. The normalized spacial score (nSPS) is 14.6. The van der Waals surface area contributed by atoms with Crippen LogP contribution in [-0.4, -0.2) is 54.3 Å². The average molecular weight is 422 g/mol. The Morgan fingerprint density at radius 1 is 0.867 bits per heavy atom. The molecule has 0 spiro atoms. The zero-order valence-corrected chi connectivity index (χ0v) is 17.4. The lowest BCUT2D eigenvalue weighted by molar-refractivity contribution is -0.131. The molecule has 1 N–H and O–H groups in total. The van der Waals surface area contributed by atoms with E-state index >= 15 is 0 Å². The zero-order chi connectivity index (χ0) is 20.9. The van der Waals surface area contributed by atoms with E-state index in [1.165, 1.54) is 16.3 Å². The first-order valence-corrected chi connectivity index (χ1v) is 10.5. The highest BCUT2D eigenvalue weighted by Gasteiger charge is 2.22. The van der Waals surface area contributed by atoms with Crippen LogP contribution in [-0.2, 0) is 11.3 Å². The van der Waals surface area contributed by atoms with Gasteiger partial charge in [0, 0.05) is 32.7 Å². The molecule has 3 aromatic rings. The van der Waals surface area contributed by atoms with Gasteiger partial charge in [-0.3, -0.25) is 14.5 Å². The van der Waals surface area contributed by atoms with E-state index in [4.69, 9.17) is 11.6 Å². The molecular formula is C24H24ClN3O2. The smallest absolute Gasteiger partial charge is 0.253 e. The Morgan fingerprint density at radius 2 is 1.57 bits per heavy atom. The molecule has 1 aliphatic rings. The second-order valence-corrected chi connectivity index (χ2v) is 7.86. The molecule has 1 fully saturated rings. The third kappa shape index (κ3) is 4.64. The van der Waals surface area contributed by atoms with E-state index in [0.29, 0.717) is 23.7 Å². The molecule has 4 rings (SSSR count). The maximum atomic E-state index is 12.5. The van der Waals surface area contributed by atoms with E-state index in [2.05, 4.69) is 52.7 Å². The predicted molar refractivity (Wildman–Crippen MR) is 120 cm³/mol. The number of amides is 2. The van der Waals surface area contributed by atoms with Crippen molar-refractivity contribution in [3.05, 3.63) is 82.9 Å².